The van der Waals surface area contributed by atoms with Crippen LogP contribution >= 0.6 is 11.8 Å². The predicted octanol–water partition coefficient (Wildman–Crippen LogP) is 3.34. The number of nitrogens with zero attached hydrogens (tertiary/aromatic N) is 2. The Bertz CT molecular complexity index is 682. The summed E-state index contributed by atoms with van der Waals surface area (Å²) >= 11 is 1.44. The van der Waals surface area contributed by atoms with Gasteiger partial charge in [0.05, 0.1) is 15.5 Å². The summed E-state index contributed by atoms with van der Waals surface area (Å²) in [7, 11) is 0. The molecule has 0 aromatic heterocycles. The number of nitrogens with one attached hydrogen (secondary N) is 1. The number of fused-ring (bicyclic) bond motifs is 1. The van der Waals surface area contributed by atoms with Crippen molar-refractivity contribution < 1.29 is 9.85 Å². The lowest BCUT2D eigenvalue weighted by molar-refractivity contribution is -0.418. The number of nitro groups is 2. The van der Waals surface area contributed by atoms with E-state index in [1.54, 1.807) is 12.1 Å². The molecule has 0 bridgehead atoms. The van der Waals surface area contributed by atoms with Crippen LogP contribution in [0.4, 0.5) is 11.4 Å². The molecule has 0 saturated heterocycles. The van der Waals surface area contributed by atoms with Crippen molar-refractivity contribution in [2.75, 3.05) is 11.1 Å². The van der Waals surface area contributed by atoms with E-state index >= 15 is 0 Å². The van der Waals surface area contributed by atoms with Crippen LogP contribution in [-0.4, -0.2) is 15.6 Å². The molecule has 1 aromatic rings. The van der Waals surface area contributed by atoms with Gasteiger partial charge in [-0.2, -0.15) is 0 Å². The maximum atomic E-state index is 10.7. The monoisotopic (exact) mass is 305 g/mol. The van der Waals surface area contributed by atoms with Gasteiger partial charge in [0.2, 0.25) is 0 Å². The second-order valence-corrected chi connectivity index (χ2v) is 5.11. The molecule has 0 amide bonds. The molecule has 21 heavy (non-hydrogen) atoms. The first-order chi connectivity index (χ1) is 10.0. The van der Waals surface area contributed by atoms with Gasteiger partial charge >= 0.3 is 0 Å². The largest absolute Gasteiger partial charge is 0.357 e. The molecule has 2 rings (SSSR count). The summed E-state index contributed by atoms with van der Waals surface area (Å²) in [5.74, 6) is 0.548. The van der Waals surface area contributed by atoms with Crippen LogP contribution in [0.15, 0.2) is 59.3 Å². The zero-order valence-electron chi connectivity index (χ0n) is 10.8. The van der Waals surface area contributed by atoms with Gasteiger partial charge < -0.3 is 5.32 Å². The van der Waals surface area contributed by atoms with Crippen molar-refractivity contribution in [3.05, 3.63) is 74.6 Å². The van der Waals surface area contributed by atoms with Crippen molar-refractivity contribution in [2.24, 2.45) is 0 Å². The van der Waals surface area contributed by atoms with E-state index in [0.29, 0.717) is 5.75 Å². The molecule has 0 radical (unpaired) electrons. The number of benzene rings is 1. The van der Waals surface area contributed by atoms with Crippen molar-refractivity contribution in [3.8, 4) is 0 Å². The lowest BCUT2D eigenvalue weighted by atomic mass is 10.2. The van der Waals surface area contributed by atoms with E-state index in [1.807, 2.05) is 0 Å². The summed E-state index contributed by atoms with van der Waals surface area (Å²) in [4.78, 5) is 21.2. The second-order valence-electron chi connectivity index (χ2n) is 4.10. The number of nitro benzene ring substituents is 1. The molecule has 0 fully saturated rings. The number of allylic oxidation sites excluding steroid dienone is 3. The van der Waals surface area contributed by atoms with Crippen LogP contribution in [0.1, 0.15) is 0 Å². The van der Waals surface area contributed by atoms with Gasteiger partial charge in [-0.05, 0) is 12.1 Å². The van der Waals surface area contributed by atoms with Crippen LogP contribution in [0, 0.1) is 20.2 Å². The first kappa shape index (κ1) is 14.8. The lowest BCUT2D eigenvalue weighted by Gasteiger charge is -2.19. The van der Waals surface area contributed by atoms with Crippen molar-refractivity contribution >= 4 is 23.1 Å². The number of hydrogen-bond acceptors (Lipinski definition) is 6. The van der Waals surface area contributed by atoms with E-state index in [-0.39, 0.29) is 11.4 Å². The zero-order chi connectivity index (χ0) is 15.4. The molecule has 8 heteroatoms. The topological polar surface area (TPSA) is 98.3 Å². The molecule has 7 nitrogen and oxygen atoms in total. The predicted molar refractivity (Wildman–Crippen MR) is 80.8 cm³/mol. The summed E-state index contributed by atoms with van der Waals surface area (Å²) in [6.07, 6.45) is 4.15. The highest BCUT2D eigenvalue weighted by molar-refractivity contribution is 7.99. The first-order valence-corrected chi connectivity index (χ1v) is 6.86. The van der Waals surface area contributed by atoms with E-state index in [4.69, 9.17) is 0 Å². The summed E-state index contributed by atoms with van der Waals surface area (Å²) in [6.45, 7) is 3.38. The van der Waals surface area contributed by atoms with Crippen LogP contribution in [-0.2, 0) is 0 Å². The number of anilines is 1. The zero-order valence-corrected chi connectivity index (χ0v) is 11.6. The molecule has 1 aliphatic heterocycles. The SMILES string of the molecule is C=C/C(=C\C=C1/CSc2cc([N+](=O)[O-])ccc2N1)[N+](=O)[O-]. The van der Waals surface area contributed by atoms with Gasteiger partial charge in [0, 0.05) is 40.6 Å². The van der Waals surface area contributed by atoms with E-state index in [1.165, 1.54) is 36.0 Å². The minimum atomic E-state index is -0.517. The summed E-state index contributed by atoms with van der Waals surface area (Å²) in [5.41, 5.74) is 1.47. The van der Waals surface area contributed by atoms with Gasteiger partial charge in [-0.3, -0.25) is 20.2 Å². The molecule has 0 spiro atoms. The maximum Gasteiger partial charge on any atom is 0.270 e. The minimum absolute atomic E-state index is 0.0395. The molecule has 1 aromatic carbocycles. The fourth-order valence-corrected chi connectivity index (χ4v) is 2.65. The Kier molecular flexibility index (Phi) is 4.39. The lowest BCUT2D eigenvalue weighted by Crippen LogP contribution is -2.08. The Balaban J connectivity index is 2.22. The molecule has 0 aliphatic carbocycles. The van der Waals surface area contributed by atoms with Crippen LogP contribution in [0.25, 0.3) is 0 Å². The Labute approximate surface area is 124 Å². The third-order valence-corrected chi connectivity index (χ3v) is 3.83. The highest BCUT2D eigenvalue weighted by atomic mass is 32.2. The maximum absolute atomic E-state index is 10.7. The third kappa shape index (κ3) is 3.48. The van der Waals surface area contributed by atoms with Gasteiger partial charge in [-0.25, -0.2) is 0 Å². The first-order valence-electron chi connectivity index (χ1n) is 5.87. The fraction of sp³-hybridized carbons (Fsp3) is 0.0769. The van der Waals surface area contributed by atoms with E-state index < -0.39 is 9.85 Å². The summed E-state index contributed by atoms with van der Waals surface area (Å²) in [5, 5.41) is 24.5. The van der Waals surface area contributed by atoms with Crippen LogP contribution in [0.5, 0.6) is 0 Å². The Hall–Kier alpha value is -2.61. The van der Waals surface area contributed by atoms with Crippen molar-refractivity contribution in [1.29, 1.82) is 0 Å². The van der Waals surface area contributed by atoms with Crippen LogP contribution < -0.4 is 5.32 Å². The summed E-state index contributed by atoms with van der Waals surface area (Å²) in [6, 6.07) is 4.54. The molecular weight excluding hydrogens is 294 g/mol. The minimum Gasteiger partial charge on any atom is -0.357 e. The molecule has 1 N–H and O–H groups in total. The summed E-state index contributed by atoms with van der Waals surface area (Å²) < 4.78 is 0. The highest BCUT2D eigenvalue weighted by Crippen LogP contribution is 2.36. The Morgan fingerprint density at radius 2 is 2.14 bits per heavy atom. The Morgan fingerprint density at radius 3 is 2.76 bits per heavy atom. The van der Waals surface area contributed by atoms with Gasteiger partial charge in [0.15, 0.2) is 0 Å². The van der Waals surface area contributed by atoms with Crippen molar-refractivity contribution in [2.45, 2.75) is 4.90 Å². The van der Waals surface area contributed by atoms with E-state index in [2.05, 4.69) is 11.9 Å². The molecule has 1 aliphatic rings. The van der Waals surface area contributed by atoms with E-state index in [9.17, 15) is 20.2 Å². The fourth-order valence-electron chi connectivity index (χ4n) is 1.69. The molecule has 0 atom stereocenters. The Morgan fingerprint density at radius 1 is 1.38 bits per heavy atom. The highest BCUT2D eigenvalue weighted by Gasteiger charge is 2.16. The average molecular weight is 305 g/mol. The van der Waals surface area contributed by atoms with Gasteiger partial charge in [-0.15, -0.1) is 11.8 Å². The van der Waals surface area contributed by atoms with Gasteiger partial charge in [-0.1, -0.05) is 6.58 Å². The van der Waals surface area contributed by atoms with Crippen LogP contribution in [0.3, 0.4) is 0 Å². The quantitative estimate of drug-likeness (QED) is 0.520. The molecule has 108 valence electrons. The molecule has 1 heterocycles. The van der Waals surface area contributed by atoms with Gasteiger partial charge in [0.1, 0.15) is 0 Å². The molecular formula is C13H11N3O4S. The molecule has 0 saturated carbocycles. The number of rotatable bonds is 4. The number of non-ortho nitro benzene ring substituents is 1. The number of hydrogen-bond donors (Lipinski definition) is 1. The van der Waals surface area contributed by atoms with E-state index in [0.717, 1.165) is 16.3 Å². The number of thioether (sulfide) groups is 1. The normalized spacial score (nSPS) is 16.0. The van der Waals surface area contributed by atoms with Gasteiger partial charge in [0.25, 0.3) is 11.4 Å². The standard InChI is InChI=1S/C13H11N3O4S/c1-2-10(15(17)18)4-3-9-8-21-13-7-11(16(19)20)5-6-12(13)14-9/h2-7,14H,1,8H2/b9-3+,10-4+. The third-order valence-electron chi connectivity index (χ3n) is 2.73. The van der Waals surface area contributed by atoms with Crippen molar-refractivity contribution in [1.82, 2.24) is 0 Å². The second kappa shape index (κ2) is 6.23. The molecule has 0 unspecified atom stereocenters. The van der Waals surface area contributed by atoms with Crippen molar-refractivity contribution in [3.63, 3.8) is 0 Å². The van der Waals surface area contributed by atoms with Crippen LogP contribution in [0.2, 0.25) is 0 Å². The average Bonchev–Trinajstić information content (AvgIpc) is 2.46. The smallest absolute Gasteiger partial charge is 0.270 e.